The monoisotopic (exact) mass is 415 g/mol. The summed E-state index contributed by atoms with van der Waals surface area (Å²) in [6, 6.07) is 2.99. The molecule has 0 amide bonds. The second kappa shape index (κ2) is 9.27. The van der Waals surface area contributed by atoms with Crippen molar-refractivity contribution in [1.82, 2.24) is 9.88 Å². The number of carbonyl (C=O) groups excluding carboxylic acids is 1. The first-order chi connectivity index (χ1) is 14.6. The Labute approximate surface area is 177 Å². The predicted octanol–water partition coefficient (Wildman–Crippen LogP) is 3.41. The number of piperidine rings is 1. The molecule has 0 radical (unpaired) electrons. The molecule has 4 rings (SSSR count). The molecule has 1 aromatic carbocycles. The van der Waals surface area contributed by atoms with E-state index in [1.54, 1.807) is 13.1 Å². The van der Waals surface area contributed by atoms with E-state index < -0.39 is 5.97 Å². The number of ether oxygens (including phenoxy) is 2. The molecule has 0 bridgehead atoms. The third kappa shape index (κ3) is 4.42. The van der Waals surface area contributed by atoms with Crippen molar-refractivity contribution >= 4 is 22.6 Å². The van der Waals surface area contributed by atoms with Gasteiger partial charge >= 0.3 is 5.97 Å². The lowest BCUT2D eigenvalue weighted by Crippen LogP contribution is -2.45. The summed E-state index contributed by atoms with van der Waals surface area (Å²) in [6.45, 7) is 10.1. The third-order valence-electron chi connectivity index (χ3n) is 6.05. The molecular weight excluding hydrogens is 385 g/mol. The van der Waals surface area contributed by atoms with E-state index in [0.717, 1.165) is 75.5 Å². The number of hydrogen-bond donors (Lipinski definition) is 0. The van der Waals surface area contributed by atoms with Crippen molar-refractivity contribution in [2.45, 2.75) is 26.7 Å². The Morgan fingerprint density at radius 3 is 2.87 bits per heavy atom. The molecule has 6 nitrogen and oxygen atoms in total. The second-order valence-electron chi connectivity index (χ2n) is 8.23. The van der Waals surface area contributed by atoms with Gasteiger partial charge in [-0.05, 0) is 50.3 Å². The van der Waals surface area contributed by atoms with Crippen molar-refractivity contribution in [3.05, 3.63) is 35.3 Å². The fourth-order valence-electron chi connectivity index (χ4n) is 4.69. The van der Waals surface area contributed by atoms with E-state index in [1.165, 1.54) is 12.1 Å². The molecule has 0 saturated carbocycles. The molecule has 0 aliphatic carbocycles. The fraction of sp³-hybridized carbons (Fsp3) is 0.565. The summed E-state index contributed by atoms with van der Waals surface area (Å²) < 4.78 is 25.1. The number of rotatable bonds is 5. The minimum atomic E-state index is -0.404. The summed E-state index contributed by atoms with van der Waals surface area (Å²) in [5.74, 6) is -0.227. The minimum Gasteiger partial charge on any atom is -0.462 e. The van der Waals surface area contributed by atoms with Crippen LogP contribution in [0.1, 0.15) is 35.7 Å². The molecule has 1 atom stereocenters. The van der Waals surface area contributed by atoms with Crippen molar-refractivity contribution in [2.75, 3.05) is 57.4 Å². The topological polar surface area (TPSA) is 54.9 Å². The van der Waals surface area contributed by atoms with Gasteiger partial charge in [0.25, 0.3) is 0 Å². The van der Waals surface area contributed by atoms with Gasteiger partial charge in [0, 0.05) is 44.3 Å². The van der Waals surface area contributed by atoms with Crippen LogP contribution in [0.15, 0.2) is 18.3 Å². The van der Waals surface area contributed by atoms with Crippen LogP contribution in [0.2, 0.25) is 0 Å². The lowest BCUT2D eigenvalue weighted by Gasteiger charge is -2.38. The van der Waals surface area contributed by atoms with Crippen LogP contribution < -0.4 is 4.90 Å². The molecule has 0 N–H and O–H groups in total. The zero-order valence-electron chi connectivity index (χ0n) is 17.8. The molecule has 2 aromatic rings. The van der Waals surface area contributed by atoms with Crippen LogP contribution in [0.3, 0.4) is 0 Å². The lowest BCUT2D eigenvalue weighted by molar-refractivity contribution is 0.0296. The van der Waals surface area contributed by atoms with Gasteiger partial charge in [0.05, 0.1) is 31.0 Å². The first-order valence-electron chi connectivity index (χ1n) is 10.9. The normalized spacial score (nSPS) is 20.5. The second-order valence-corrected chi connectivity index (χ2v) is 8.23. The van der Waals surface area contributed by atoms with Gasteiger partial charge in [-0.3, -0.25) is 9.88 Å². The van der Waals surface area contributed by atoms with Gasteiger partial charge in [0.2, 0.25) is 0 Å². The lowest BCUT2D eigenvalue weighted by atomic mass is 9.95. The maximum atomic E-state index is 14.3. The molecular formula is C23H30FN3O3. The van der Waals surface area contributed by atoms with Crippen LogP contribution >= 0.6 is 0 Å². The first kappa shape index (κ1) is 21.0. The number of fused-ring (bicyclic) bond motifs is 1. The molecule has 1 unspecified atom stereocenters. The van der Waals surface area contributed by atoms with Gasteiger partial charge in [-0.25, -0.2) is 9.18 Å². The standard InChI is InChI=1S/C23H30FN3O3/c1-3-30-23(28)20-13-25-21-16(2)11-18(24)12-19(21)22(20)27-6-4-5-17(15-27)14-26-7-9-29-10-8-26/h11-13,17H,3-10,14-15H2,1-2H3. The van der Waals surface area contributed by atoms with Gasteiger partial charge in [0.1, 0.15) is 11.4 Å². The molecule has 2 aliphatic rings. The highest BCUT2D eigenvalue weighted by atomic mass is 19.1. The largest absolute Gasteiger partial charge is 0.462 e. The molecule has 2 saturated heterocycles. The van der Waals surface area contributed by atoms with Gasteiger partial charge in [-0.15, -0.1) is 0 Å². The molecule has 162 valence electrons. The highest BCUT2D eigenvalue weighted by molar-refractivity contribution is 6.06. The SMILES string of the molecule is CCOC(=O)c1cnc2c(C)cc(F)cc2c1N1CCCC(CN2CCOCC2)C1. The summed E-state index contributed by atoms with van der Waals surface area (Å²) in [5.41, 5.74) is 2.67. The van der Waals surface area contributed by atoms with E-state index >= 15 is 0 Å². The Balaban J connectivity index is 1.69. The number of pyridine rings is 1. The number of nitrogens with zero attached hydrogens (tertiary/aromatic N) is 3. The summed E-state index contributed by atoms with van der Waals surface area (Å²) >= 11 is 0. The number of halogens is 1. The van der Waals surface area contributed by atoms with E-state index in [-0.39, 0.29) is 12.4 Å². The van der Waals surface area contributed by atoms with Crippen molar-refractivity contribution in [3.8, 4) is 0 Å². The van der Waals surface area contributed by atoms with E-state index in [0.29, 0.717) is 16.9 Å². The highest BCUT2D eigenvalue weighted by Crippen LogP contribution is 2.35. The molecule has 7 heteroatoms. The number of benzene rings is 1. The van der Waals surface area contributed by atoms with Gasteiger partial charge in [-0.2, -0.15) is 0 Å². The van der Waals surface area contributed by atoms with Crippen molar-refractivity contribution in [3.63, 3.8) is 0 Å². The molecule has 2 fully saturated rings. The predicted molar refractivity (Wildman–Crippen MR) is 115 cm³/mol. The molecule has 30 heavy (non-hydrogen) atoms. The maximum absolute atomic E-state index is 14.3. The summed E-state index contributed by atoms with van der Waals surface area (Å²) in [5, 5.41) is 0.685. The zero-order valence-corrected chi connectivity index (χ0v) is 17.8. The van der Waals surface area contributed by atoms with Crippen LogP contribution in [0.4, 0.5) is 10.1 Å². The highest BCUT2D eigenvalue weighted by Gasteiger charge is 2.28. The Morgan fingerprint density at radius 2 is 2.10 bits per heavy atom. The van der Waals surface area contributed by atoms with Crippen LogP contribution in [-0.4, -0.2) is 68.4 Å². The fourth-order valence-corrected chi connectivity index (χ4v) is 4.69. The number of hydrogen-bond acceptors (Lipinski definition) is 6. The Hall–Kier alpha value is -2.25. The zero-order chi connectivity index (χ0) is 21.1. The van der Waals surface area contributed by atoms with Crippen molar-refractivity contribution in [1.29, 1.82) is 0 Å². The van der Waals surface area contributed by atoms with Gasteiger partial charge < -0.3 is 14.4 Å². The van der Waals surface area contributed by atoms with Crippen LogP contribution in [0, 0.1) is 18.7 Å². The summed E-state index contributed by atoms with van der Waals surface area (Å²) in [6.07, 6.45) is 3.78. The Morgan fingerprint density at radius 1 is 1.30 bits per heavy atom. The van der Waals surface area contributed by atoms with Gasteiger partial charge in [0.15, 0.2) is 0 Å². The molecule has 1 aromatic heterocycles. The Bertz CT molecular complexity index is 914. The number of anilines is 1. The van der Waals surface area contributed by atoms with Crippen LogP contribution in [-0.2, 0) is 9.47 Å². The van der Waals surface area contributed by atoms with Gasteiger partial charge in [-0.1, -0.05) is 0 Å². The smallest absolute Gasteiger partial charge is 0.341 e. The number of carbonyl (C=O) groups is 1. The van der Waals surface area contributed by atoms with E-state index in [9.17, 15) is 9.18 Å². The van der Waals surface area contributed by atoms with Crippen LogP contribution in [0.25, 0.3) is 10.9 Å². The first-order valence-corrected chi connectivity index (χ1v) is 10.9. The number of esters is 1. The van der Waals surface area contributed by atoms with Crippen molar-refractivity contribution in [2.24, 2.45) is 5.92 Å². The average Bonchev–Trinajstić information content (AvgIpc) is 2.74. The molecule has 2 aliphatic heterocycles. The van der Waals surface area contributed by atoms with E-state index in [1.807, 2.05) is 6.92 Å². The third-order valence-corrected chi connectivity index (χ3v) is 6.05. The Kier molecular flexibility index (Phi) is 6.49. The maximum Gasteiger partial charge on any atom is 0.341 e. The van der Waals surface area contributed by atoms with E-state index in [4.69, 9.17) is 9.47 Å². The number of aromatic nitrogens is 1. The number of morpholine rings is 1. The molecule has 0 spiro atoms. The minimum absolute atomic E-state index is 0.290. The number of aryl methyl sites for hydroxylation is 1. The molecule has 3 heterocycles. The quantitative estimate of drug-likeness (QED) is 0.698. The average molecular weight is 416 g/mol. The summed E-state index contributed by atoms with van der Waals surface area (Å²) in [7, 11) is 0. The van der Waals surface area contributed by atoms with Crippen LogP contribution in [0.5, 0.6) is 0 Å². The van der Waals surface area contributed by atoms with Crippen molar-refractivity contribution < 1.29 is 18.7 Å². The van der Waals surface area contributed by atoms with E-state index in [2.05, 4.69) is 14.8 Å². The summed E-state index contributed by atoms with van der Waals surface area (Å²) in [4.78, 5) is 21.9.